The number of nitrogens with zero attached hydrogens (tertiary/aromatic N) is 1. The summed E-state index contributed by atoms with van der Waals surface area (Å²) >= 11 is 0. The Labute approximate surface area is 118 Å². The van der Waals surface area contributed by atoms with Crippen LogP contribution in [0.2, 0.25) is 0 Å². The lowest BCUT2D eigenvalue weighted by Gasteiger charge is -2.19. The summed E-state index contributed by atoms with van der Waals surface area (Å²) in [7, 11) is -3.52. The van der Waals surface area contributed by atoms with Gasteiger partial charge in [0.25, 0.3) is 10.0 Å². The number of hydrogen-bond donors (Lipinski definition) is 1. The van der Waals surface area contributed by atoms with Crippen molar-refractivity contribution in [2.75, 3.05) is 5.32 Å². The minimum atomic E-state index is -3.52. The molecule has 0 radical (unpaired) electrons. The molecule has 0 fully saturated rings. The molecular formula is C15H14N2O2S. The standard InChI is InChI=1S/C15H14N2O2S/c18-20(19,14-7-2-1-3-8-14)17-11-10-16-15-9-5-4-6-13(15)12-17/h1-11,16H,12H2. The normalized spacial score (nSPS) is 14.3. The van der Waals surface area contributed by atoms with Gasteiger partial charge in [-0.25, -0.2) is 8.42 Å². The summed E-state index contributed by atoms with van der Waals surface area (Å²) in [4.78, 5) is 0.295. The van der Waals surface area contributed by atoms with Crippen LogP contribution >= 0.6 is 0 Å². The fourth-order valence-corrected chi connectivity index (χ4v) is 3.42. The zero-order valence-corrected chi connectivity index (χ0v) is 11.5. The van der Waals surface area contributed by atoms with E-state index in [1.165, 1.54) is 4.31 Å². The highest BCUT2D eigenvalue weighted by Gasteiger charge is 2.23. The Hall–Kier alpha value is -2.27. The average Bonchev–Trinajstić information content (AvgIpc) is 2.71. The first-order chi connectivity index (χ1) is 9.68. The largest absolute Gasteiger partial charge is 0.360 e. The number of rotatable bonds is 2. The van der Waals surface area contributed by atoms with Gasteiger partial charge in [0.05, 0.1) is 11.4 Å². The summed E-state index contributed by atoms with van der Waals surface area (Å²) in [5.41, 5.74) is 1.87. The van der Waals surface area contributed by atoms with Crippen molar-refractivity contribution < 1.29 is 8.42 Å². The first-order valence-electron chi connectivity index (χ1n) is 6.26. The minimum Gasteiger partial charge on any atom is -0.360 e. The zero-order valence-electron chi connectivity index (χ0n) is 10.7. The van der Waals surface area contributed by atoms with Crippen molar-refractivity contribution in [3.63, 3.8) is 0 Å². The van der Waals surface area contributed by atoms with Crippen LogP contribution in [-0.2, 0) is 16.6 Å². The summed E-state index contributed by atoms with van der Waals surface area (Å²) in [6, 6.07) is 16.1. The maximum Gasteiger partial charge on any atom is 0.264 e. The van der Waals surface area contributed by atoms with E-state index in [9.17, 15) is 8.42 Å². The summed E-state index contributed by atoms with van der Waals surface area (Å²) in [6.45, 7) is 0.316. The van der Waals surface area contributed by atoms with Crippen molar-refractivity contribution in [1.82, 2.24) is 4.31 Å². The van der Waals surface area contributed by atoms with E-state index in [1.54, 1.807) is 42.7 Å². The predicted molar refractivity (Wildman–Crippen MR) is 78.4 cm³/mol. The van der Waals surface area contributed by atoms with Gasteiger partial charge in [-0.05, 0) is 23.8 Å². The summed E-state index contributed by atoms with van der Waals surface area (Å²) in [6.07, 6.45) is 3.20. The number of sulfonamides is 1. The van der Waals surface area contributed by atoms with Crippen molar-refractivity contribution in [3.05, 3.63) is 72.6 Å². The lowest BCUT2D eigenvalue weighted by atomic mass is 10.2. The first kappa shape index (κ1) is 12.7. The fourth-order valence-electron chi connectivity index (χ4n) is 2.12. The predicted octanol–water partition coefficient (Wildman–Crippen LogP) is 2.77. The highest BCUT2D eigenvalue weighted by atomic mass is 32.2. The van der Waals surface area contributed by atoms with E-state index >= 15 is 0 Å². The van der Waals surface area contributed by atoms with Crippen LogP contribution in [0, 0.1) is 0 Å². The second kappa shape index (κ2) is 5.02. The minimum absolute atomic E-state index is 0.295. The van der Waals surface area contributed by atoms with Gasteiger partial charge in [-0.2, -0.15) is 0 Å². The molecule has 0 spiro atoms. The lowest BCUT2D eigenvalue weighted by Crippen LogP contribution is -2.25. The van der Waals surface area contributed by atoms with Crippen LogP contribution in [0.3, 0.4) is 0 Å². The molecule has 0 atom stereocenters. The molecule has 102 valence electrons. The molecule has 4 nitrogen and oxygen atoms in total. The molecule has 0 saturated heterocycles. The SMILES string of the molecule is O=S(=O)(c1ccccc1)N1C=CNc2ccccc2C1. The van der Waals surface area contributed by atoms with E-state index in [-0.39, 0.29) is 0 Å². The van der Waals surface area contributed by atoms with Gasteiger partial charge in [0.15, 0.2) is 0 Å². The first-order valence-corrected chi connectivity index (χ1v) is 7.70. The van der Waals surface area contributed by atoms with Crippen LogP contribution in [0.25, 0.3) is 0 Å². The van der Waals surface area contributed by atoms with Gasteiger partial charge in [0.2, 0.25) is 0 Å². The number of para-hydroxylation sites is 1. The molecule has 1 aliphatic rings. The third-order valence-corrected chi connectivity index (χ3v) is 4.91. The van der Waals surface area contributed by atoms with Crippen molar-refractivity contribution in [1.29, 1.82) is 0 Å². The van der Waals surface area contributed by atoms with Crippen LogP contribution in [0.4, 0.5) is 5.69 Å². The maximum atomic E-state index is 12.6. The molecule has 1 heterocycles. The molecule has 2 aromatic rings. The molecule has 3 rings (SSSR count). The van der Waals surface area contributed by atoms with Gasteiger partial charge in [0, 0.05) is 18.1 Å². The van der Waals surface area contributed by atoms with E-state index in [2.05, 4.69) is 5.32 Å². The van der Waals surface area contributed by atoms with Crippen molar-refractivity contribution in [3.8, 4) is 0 Å². The van der Waals surface area contributed by atoms with Crippen LogP contribution in [0.1, 0.15) is 5.56 Å². The molecule has 0 amide bonds. The maximum absolute atomic E-state index is 12.6. The van der Waals surface area contributed by atoms with Crippen LogP contribution in [-0.4, -0.2) is 12.7 Å². The smallest absolute Gasteiger partial charge is 0.264 e. The van der Waals surface area contributed by atoms with Gasteiger partial charge >= 0.3 is 0 Å². The van der Waals surface area contributed by atoms with Crippen LogP contribution in [0.5, 0.6) is 0 Å². The van der Waals surface area contributed by atoms with Crippen LogP contribution < -0.4 is 5.32 Å². The van der Waals surface area contributed by atoms with E-state index in [1.807, 2.05) is 24.3 Å². The number of benzene rings is 2. The molecule has 0 saturated carbocycles. The van der Waals surface area contributed by atoms with Crippen molar-refractivity contribution in [2.45, 2.75) is 11.4 Å². The third kappa shape index (κ3) is 2.28. The number of hydrogen-bond acceptors (Lipinski definition) is 3. The highest BCUT2D eigenvalue weighted by Crippen LogP contribution is 2.24. The Morgan fingerprint density at radius 2 is 1.65 bits per heavy atom. The third-order valence-electron chi connectivity index (χ3n) is 3.17. The molecule has 20 heavy (non-hydrogen) atoms. The monoisotopic (exact) mass is 286 g/mol. The second-order valence-corrected chi connectivity index (χ2v) is 6.37. The molecule has 0 aromatic heterocycles. The summed E-state index contributed by atoms with van der Waals surface area (Å²) < 4.78 is 26.5. The zero-order chi connectivity index (χ0) is 14.0. The van der Waals surface area contributed by atoms with Crippen molar-refractivity contribution >= 4 is 15.7 Å². The molecule has 1 aliphatic heterocycles. The quantitative estimate of drug-likeness (QED) is 0.923. The summed E-state index contributed by atoms with van der Waals surface area (Å²) in [5.74, 6) is 0. The molecule has 1 N–H and O–H groups in total. The van der Waals surface area contributed by atoms with E-state index < -0.39 is 10.0 Å². The summed E-state index contributed by atoms with van der Waals surface area (Å²) in [5, 5.41) is 3.09. The van der Waals surface area contributed by atoms with Gasteiger partial charge in [-0.1, -0.05) is 36.4 Å². The molecule has 0 bridgehead atoms. The topological polar surface area (TPSA) is 49.4 Å². The number of nitrogens with one attached hydrogen (secondary N) is 1. The van der Waals surface area contributed by atoms with Crippen molar-refractivity contribution in [2.24, 2.45) is 0 Å². The second-order valence-electron chi connectivity index (χ2n) is 4.48. The molecular weight excluding hydrogens is 272 g/mol. The lowest BCUT2D eigenvalue weighted by molar-refractivity contribution is 0.497. The highest BCUT2D eigenvalue weighted by molar-refractivity contribution is 7.89. The Balaban J connectivity index is 2.00. The van der Waals surface area contributed by atoms with Gasteiger partial charge in [0.1, 0.15) is 0 Å². The van der Waals surface area contributed by atoms with E-state index in [4.69, 9.17) is 0 Å². The molecule has 5 heteroatoms. The number of anilines is 1. The Bertz CT molecular complexity index is 739. The average molecular weight is 286 g/mol. The van der Waals surface area contributed by atoms with E-state index in [0.717, 1.165) is 11.3 Å². The van der Waals surface area contributed by atoms with Gasteiger partial charge in [-0.3, -0.25) is 4.31 Å². The Morgan fingerprint density at radius 3 is 2.45 bits per heavy atom. The molecule has 2 aromatic carbocycles. The van der Waals surface area contributed by atoms with Gasteiger partial charge < -0.3 is 5.32 Å². The fraction of sp³-hybridized carbons (Fsp3) is 0.0667. The molecule has 0 aliphatic carbocycles. The Morgan fingerprint density at radius 1 is 0.950 bits per heavy atom. The van der Waals surface area contributed by atoms with Crippen LogP contribution in [0.15, 0.2) is 71.9 Å². The molecule has 0 unspecified atom stereocenters. The van der Waals surface area contributed by atoms with Gasteiger partial charge in [-0.15, -0.1) is 0 Å². The van der Waals surface area contributed by atoms with E-state index in [0.29, 0.717) is 11.4 Å². The number of fused-ring (bicyclic) bond motifs is 1. The Kier molecular flexibility index (Phi) is 3.20.